The van der Waals surface area contributed by atoms with Gasteiger partial charge in [0.2, 0.25) is 5.91 Å². The normalized spacial score (nSPS) is 19.6. The van der Waals surface area contributed by atoms with Gasteiger partial charge >= 0.3 is 0 Å². The van der Waals surface area contributed by atoms with Gasteiger partial charge in [-0.2, -0.15) is 0 Å². The topological polar surface area (TPSA) is 67.6 Å². The Bertz CT molecular complexity index is 528. The number of ether oxygens (including phenoxy) is 1. The lowest BCUT2D eigenvalue weighted by atomic mass is 9.90. The number of halogens is 2. The minimum absolute atomic E-state index is 0. The predicted octanol–water partition coefficient (Wildman–Crippen LogP) is 2.25. The first-order valence-corrected chi connectivity index (χ1v) is 8.61. The first-order valence-electron chi connectivity index (χ1n) is 8.61. The van der Waals surface area contributed by atoms with Crippen molar-refractivity contribution in [3.05, 3.63) is 35.4 Å². The summed E-state index contributed by atoms with van der Waals surface area (Å²) >= 11 is 0. The molecule has 0 aromatic heterocycles. The highest BCUT2D eigenvalue weighted by Gasteiger charge is 2.35. The lowest BCUT2D eigenvalue weighted by Crippen LogP contribution is -2.56. The number of amides is 1. The van der Waals surface area contributed by atoms with Crippen LogP contribution in [-0.4, -0.2) is 42.6 Å². The lowest BCUT2D eigenvalue weighted by Gasteiger charge is -2.31. The highest BCUT2D eigenvalue weighted by molar-refractivity contribution is 5.86. The zero-order chi connectivity index (χ0) is 16.1. The Labute approximate surface area is 162 Å². The third-order valence-corrected chi connectivity index (χ3v) is 4.92. The second kappa shape index (κ2) is 10.3. The number of benzene rings is 1. The largest absolute Gasteiger partial charge is 0.381 e. The number of nitrogens with two attached hydrogens (primary N) is 1. The fraction of sp³-hybridized carbons (Fsp3) is 0.611. The molecule has 25 heavy (non-hydrogen) atoms. The zero-order valence-corrected chi connectivity index (χ0v) is 16.2. The number of likely N-dealkylation sites (tertiary alicyclic amines) is 1. The van der Waals surface area contributed by atoms with Gasteiger partial charge in [-0.3, -0.25) is 9.69 Å². The van der Waals surface area contributed by atoms with E-state index in [1.807, 2.05) is 0 Å². The number of hydrogen-bond donors (Lipinski definition) is 2. The number of carbonyl (C=O) groups is 1. The molecule has 2 aliphatic heterocycles. The third-order valence-electron chi connectivity index (χ3n) is 4.92. The Morgan fingerprint density at radius 1 is 1.08 bits per heavy atom. The molecule has 1 amide bonds. The minimum atomic E-state index is -0.770. The fourth-order valence-corrected chi connectivity index (χ4v) is 3.28. The van der Waals surface area contributed by atoms with Crippen molar-refractivity contribution >= 4 is 30.7 Å². The van der Waals surface area contributed by atoms with Gasteiger partial charge in [-0.05, 0) is 49.9 Å². The Kier molecular flexibility index (Phi) is 9.17. The quantitative estimate of drug-likeness (QED) is 0.810. The lowest BCUT2D eigenvalue weighted by molar-refractivity contribution is -0.129. The molecule has 5 nitrogen and oxygen atoms in total. The molecule has 2 heterocycles. The monoisotopic (exact) mass is 389 g/mol. The third kappa shape index (κ3) is 6.12. The van der Waals surface area contributed by atoms with Crippen molar-refractivity contribution < 1.29 is 9.53 Å². The molecule has 2 fully saturated rings. The van der Waals surface area contributed by atoms with E-state index in [4.69, 9.17) is 10.5 Å². The van der Waals surface area contributed by atoms with Gasteiger partial charge in [0.25, 0.3) is 0 Å². The van der Waals surface area contributed by atoms with Crippen LogP contribution in [0.15, 0.2) is 24.3 Å². The summed E-state index contributed by atoms with van der Waals surface area (Å²) in [5.74, 6) is -0.0676. The summed E-state index contributed by atoms with van der Waals surface area (Å²) in [6, 6.07) is 8.51. The first-order chi connectivity index (χ1) is 11.2. The molecule has 0 spiro atoms. The second-order valence-electron chi connectivity index (χ2n) is 6.75. The highest BCUT2D eigenvalue weighted by atomic mass is 35.5. The van der Waals surface area contributed by atoms with Gasteiger partial charge in [-0.1, -0.05) is 24.3 Å². The molecule has 2 saturated heterocycles. The fourth-order valence-electron chi connectivity index (χ4n) is 3.28. The molecular formula is C18H29Cl2N3O2. The molecule has 0 radical (unpaired) electrons. The van der Waals surface area contributed by atoms with Crippen LogP contribution in [0, 0.1) is 0 Å². The molecule has 142 valence electrons. The number of nitrogens with zero attached hydrogens (tertiary/aromatic N) is 1. The van der Waals surface area contributed by atoms with Gasteiger partial charge in [0, 0.05) is 26.3 Å². The smallest absolute Gasteiger partial charge is 0.240 e. The van der Waals surface area contributed by atoms with Gasteiger partial charge in [0.05, 0.1) is 5.54 Å². The standard InChI is InChI=1S/C18H27N3O2.2ClH/c19-18(7-11-23-12-8-18)17(22)20-13-15-3-5-16(6-4-15)14-21-9-1-2-10-21;;/h3-6H,1-2,7-14,19H2,(H,20,22);2*1H. The number of nitrogens with one attached hydrogen (secondary N) is 1. The molecule has 0 aliphatic carbocycles. The number of hydrogen-bond acceptors (Lipinski definition) is 4. The Balaban J connectivity index is 0.00000156. The van der Waals surface area contributed by atoms with Gasteiger partial charge in [0.1, 0.15) is 0 Å². The van der Waals surface area contributed by atoms with Crippen LogP contribution in [0.1, 0.15) is 36.8 Å². The van der Waals surface area contributed by atoms with Crippen LogP contribution in [0.25, 0.3) is 0 Å². The van der Waals surface area contributed by atoms with E-state index in [9.17, 15) is 4.79 Å². The van der Waals surface area contributed by atoms with Gasteiger partial charge in [-0.25, -0.2) is 0 Å². The summed E-state index contributed by atoms with van der Waals surface area (Å²) in [6.45, 7) is 5.10. The molecular weight excluding hydrogens is 361 g/mol. The van der Waals surface area contributed by atoms with Crippen LogP contribution >= 0.6 is 24.8 Å². The van der Waals surface area contributed by atoms with Crippen molar-refractivity contribution in [1.82, 2.24) is 10.2 Å². The average molecular weight is 390 g/mol. The molecule has 1 aromatic rings. The van der Waals surface area contributed by atoms with Crippen LogP contribution < -0.4 is 11.1 Å². The van der Waals surface area contributed by atoms with E-state index in [0.29, 0.717) is 32.6 Å². The molecule has 1 aromatic carbocycles. The van der Waals surface area contributed by atoms with E-state index in [1.54, 1.807) is 0 Å². The Morgan fingerprint density at radius 2 is 1.64 bits per heavy atom. The van der Waals surface area contributed by atoms with Crippen LogP contribution in [0.2, 0.25) is 0 Å². The van der Waals surface area contributed by atoms with Crippen LogP contribution in [0.3, 0.4) is 0 Å². The Morgan fingerprint density at radius 3 is 2.24 bits per heavy atom. The SMILES string of the molecule is Cl.Cl.NC1(C(=O)NCc2ccc(CN3CCCC3)cc2)CCOCC1. The second-order valence-corrected chi connectivity index (χ2v) is 6.75. The Hall–Kier alpha value is -0.850. The van der Waals surface area contributed by atoms with Crippen molar-refractivity contribution in [3.63, 3.8) is 0 Å². The van der Waals surface area contributed by atoms with E-state index in [1.165, 1.54) is 31.5 Å². The summed E-state index contributed by atoms with van der Waals surface area (Å²) in [7, 11) is 0. The predicted molar refractivity (Wildman–Crippen MR) is 104 cm³/mol. The zero-order valence-electron chi connectivity index (χ0n) is 14.5. The van der Waals surface area contributed by atoms with Crippen LogP contribution in [0.5, 0.6) is 0 Å². The maximum atomic E-state index is 12.3. The van der Waals surface area contributed by atoms with Gasteiger partial charge in [0.15, 0.2) is 0 Å². The van der Waals surface area contributed by atoms with Crippen molar-refractivity contribution in [3.8, 4) is 0 Å². The summed E-state index contributed by atoms with van der Waals surface area (Å²) in [4.78, 5) is 14.8. The van der Waals surface area contributed by atoms with Gasteiger partial charge < -0.3 is 15.8 Å². The first kappa shape index (κ1) is 22.2. The maximum absolute atomic E-state index is 12.3. The molecule has 7 heteroatoms. The molecule has 0 unspecified atom stereocenters. The van der Waals surface area contributed by atoms with Crippen molar-refractivity contribution in [2.45, 2.75) is 44.3 Å². The van der Waals surface area contributed by atoms with E-state index in [0.717, 1.165) is 12.1 Å². The summed E-state index contributed by atoms with van der Waals surface area (Å²) in [5.41, 5.74) is 7.86. The number of rotatable bonds is 5. The minimum Gasteiger partial charge on any atom is -0.381 e. The molecule has 0 bridgehead atoms. The summed E-state index contributed by atoms with van der Waals surface area (Å²) in [6.07, 6.45) is 3.81. The van der Waals surface area contributed by atoms with Crippen molar-refractivity contribution in [1.29, 1.82) is 0 Å². The van der Waals surface area contributed by atoms with E-state index in [2.05, 4.69) is 34.5 Å². The van der Waals surface area contributed by atoms with Crippen LogP contribution in [-0.2, 0) is 22.6 Å². The molecule has 2 aliphatic rings. The van der Waals surface area contributed by atoms with Crippen molar-refractivity contribution in [2.24, 2.45) is 5.73 Å². The summed E-state index contributed by atoms with van der Waals surface area (Å²) in [5, 5.41) is 2.97. The average Bonchev–Trinajstić information content (AvgIpc) is 3.07. The van der Waals surface area contributed by atoms with Gasteiger partial charge in [-0.15, -0.1) is 24.8 Å². The highest BCUT2D eigenvalue weighted by Crippen LogP contribution is 2.18. The maximum Gasteiger partial charge on any atom is 0.240 e. The van der Waals surface area contributed by atoms with E-state index >= 15 is 0 Å². The summed E-state index contributed by atoms with van der Waals surface area (Å²) < 4.78 is 5.28. The molecule has 0 atom stereocenters. The number of carbonyl (C=O) groups excluding carboxylic acids is 1. The molecule has 0 saturated carbocycles. The molecule has 3 N–H and O–H groups in total. The van der Waals surface area contributed by atoms with E-state index in [-0.39, 0.29) is 30.7 Å². The van der Waals surface area contributed by atoms with E-state index < -0.39 is 5.54 Å². The van der Waals surface area contributed by atoms with Crippen LogP contribution in [0.4, 0.5) is 0 Å². The molecule has 3 rings (SSSR count). The van der Waals surface area contributed by atoms with Crippen molar-refractivity contribution in [2.75, 3.05) is 26.3 Å².